The van der Waals surface area contributed by atoms with Crippen molar-refractivity contribution < 1.29 is 0 Å². The normalized spacial score (nSPS) is 14.0. The molecule has 104 valence electrons. The number of thiazole rings is 2. The van der Waals surface area contributed by atoms with Crippen LogP contribution in [0.3, 0.4) is 0 Å². The second kappa shape index (κ2) is 5.69. The molecular weight excluding hydrogens is 274 g/mol. The van der Waals surface area contributed by atoms with E-state index in [0.29, 0.717) is 6.04 Å². The summed E-state index contributed by atoms with van der Waals surface area (Å²) in [5.74, 6) is 0. The Morgan fingerprint density at radius 3 is 2.42 bits per heavy atom. The summed E-state index contributed by atoms with van der Waals surface area (Å²) in [5, 5.41) is 8.92. The topological polar surface area (TPSA) is 37.8 Å². The van der Waals surface area contributed by atoms with Gasteiger partial charge in [0.2, 0.25) is 0 Å². The number of nitrogens with zero attached hydrogens (tertiary/aromatic N) is 2. The molecule has 3 nitrogen and oxygen atoms in total. The number of hydrogen-bond acceptors (Lipinski definition) is 5. The molecule has 0 fully saturated rings. The molecule has 2 heterocycles. The van der Waals surface area contributed by atoms with Crippen molar-refractivity contribution in [3.05, 3.63) is 32.7 Å². The summed E-state index contributed by atoms with van der Waals surface area (Å²) in [6, 6.07) is 0.501. The van der Waals surface area contributed by atoms with E-state index in [1.807, 2.05) is 5.51 Å². The first kappa shape index (κ1) is 14.6. The summed E-state index contributed by atoms with van der Waals surface area (Å²) in [5.41, 5.74) is 4.19. The van der Waals surface area contributed by atoms with Crippen molar-refractivity contribution in [3.8, 4) is 0 Å². The van der Waals surface area contributed by atoms with Crippen LogP contribution in [0.25, 0.3) is 0 Å². The zero-order chi connectivity index (χ0) is 14.0. The van der Waals surface area contributed by atoms with Crippen LogP contribution in [-0.4, -0.2) is 16.0 Å². The van der Waals surface area contributed by atoms with E-state index in [0.717, 1.165) is 16.4 Å². The molecule has 0 aliphatic heterocycles. The lowest BCUT2D eigenvalue weighted by molar-refractivity contribution is 0.513. The van der Waals surface area contributed by atoms with Gasteiger partial charge in [0.05, 0.1) is 16.9 Å². The molecule has 0 saturated carbocycles. The maximum absolute atomic E-state index is 4.81. The van der Waals surface area contributed by atoms with Gasteiger partial charge in [-0.1, -0.05) is 20.8 Å². The quantitative estimate of drug-likeness (QED) is 0.927. The van der Waals surface area contributed by atoms with Crippen molar-refractivity contribution in [2.24, 2.45) is 0 Å². The molecular formula is C14H21N3S2. The van der Waals surface area contributed by atoms with Gasteiger partial charge in [-0.2, -0.15) is 0 Å². The molecule has 1 N–H and O–H groups in total. The highest BCUT2D eigenvalue weighted by Crippen LogP contribution is 2.30. The summed E-state index contributed by atoms with van der Waals surface area (Å²) >= 11 is 3.34. The number of nitrogens with one attached hydrogen (secondary N) is 1. The highest BCUT2D eigenvalue weighted by atomic mass is 32.1. The van der Waals surface area contributed by atoms with Gasteiger partial charge in [0.15, 0.2) is 0 Å². The maximum Gasteiger partial charge on any atom is 0.116 e. The van der Waals surface area contributed by atoms with E-state index in [4.69, 9.17) is 4.98 Å². The molecule has 0 saturated heterocycles. The smallest absolute Gasteiger partial charge is 0.116 e. The Kier molecular flexibility index (Phi) is 4.38. The summed E-state index contributed by atoms with van der Waals surface area (Å²) in [6.07, 6.45) is 0. The fourth-order valence-corrected chi connectivity index (χ4v) is 3.44. The Bertz CT molecular complexity index is 509. The molecule has 19 heavy (non-hydrogen) atoms. The summed E-state index contributed by atoms with van der Waals surface area (Å²) in [6.45, 7) is 10.9. The van der Waals surface area contributed by atoms with Crippen LogP contribution in [0, 0.1) is 0 Å². The van der Waals surface area contributed by atoms with Crippen molar-refractivity contribution >= 4 is 22.7 Å². The largest absolute Gasteiger partial charge is 0.301 e. The first-order valence-electron chi connectivity index (χ1n) is 6.48. The second-order valence-electron chi connectivity index (χ2n) is 5.99. The summed E-state index contributed by atoms with van der Waals surface area (Å²) in [4.78, 5) is 9.25. The van der Waals surface area contributed by atoms with Crippen LogP contribution in [0.4, 0.5) is 0 Å². The van der Waals surface area contributed by atoms with Crippen LogP contribution in [0.5, 0.6) is 0 Å². The SMILES string of the molecule is CC(C)NC(c1cscn1)c1nc(C(C)(C)C)cs1. The van der Waals surface area contributed by atoms with Gasteiger partial charge >= 0.3 is 0 Å². The molecule has 2 rings (SSSR count). The molecule has 0 radical (unpaired) electrons. The van der Waals surface area contributed by atoms with Crippen LogP contribution in [-0.2, 0) is 5.41 Å². The fourth-order valence-electron chi connectivity index (χ4n) is 1.75. The third kappa shape index (κ3) is 3.61. The molecule has 1 unspecified atom stereocenters. The standard InChI is InChI=1S/C14H21N3S2/c1-9(2)16-12(10-6-18-8-15-10)13-17-11(7-19-13)14(3,4)5/h6-9,12,16H,1-5H3. The van der Waals surface area contributed by atoms with Crippen LogP contribution in [0.2, 0.25) is 0 Å². The zero-order valence-corrected chi connectivity index (χ0v) is 13.7. The summed E-state index contributed by atoms with van der Waals surface area (Å²) < 4.78 is 0. The lowest BCUT2D eigenvalue weighted by Crippen LogP contribution is -2.29. The molecule has 0 bridgehead atoms. The van der Waals surface area contributed by atoms with E-state index in [-0.39, 0.29) is 11.5 Å². The summed E-state index contributed by atoms with van der Waals surface area (Å²) in [7, 11) is 0. The van der Waals surface area contributed by atoms with Crippen LogP contribution >= 0.6 is 22.7 Å². The monoisotopic (exact) mass is 295 g/mol. The molecule has 0 spiro atoms. The van der Waals surface area contributed by atoms with Gasteiger partial charge in [-0.05, 0) is 13.8 Å². The van der Waals surface area contributed by atoms with Gasteiger partial charge < -0.3 is 5.32 Å². The average Bonchev–Trinajstić information content (AvgIpc) is 2.96. The maximum atomic E-state index is 4.81. The van der Waals surface area contributed by atoms with Crippen LogP contribution in [0.15, 0.2) is 16.3 Å². The van der Waals surface area contributed by atoms with Gasteiger partial charge in [0.25, 0.3) is 0 Å². The van der Waals surface area contributed by atoms with E-state index in [9.17, 15) is 0 Å². The zero-order valence-electron chi connectivity index (χ0n) is 12.1. The van der Waals surface area contributed by atoms with E-state index >= 15 is 0 Å². The lowest BCUT2D eigenvalue weighted by Gasteiger charge is -2.18. The number of rotatable bonds is 4. The second-order valence-corrected chi connectivity index (χ2v) is 7.60. The third-order valence-corrected chi connectivity index (χ3v) is 4.30. The van der Waals surface area contributed by atoms with Crippen molar-refractivity contribution in [2.75, 3.05) is 0 Å². The Labute approximate surface area is 123 Å². The van der Waals surface area contributed by atoms with E-state index < -0.39 is 0 Å². The minimum absolute atomic E-state index is 0.0964. The molecule has 0 aromatic carbocycles. The minimum atomic E-state index is 0.0964. The minimum Gasteiger partial charge on any atom is -0.301 e. The van der Waals surface area contributed by atoms with Crippen molar-refractivity contribution in [3.63, 3.8) is 0 Å². The van der Waals surface area contributed by atoms with E-state index in [2.05, 4.69) is 55.7 Å². The molecule has 2 aromatic rings. The van der Waals surface area contributed by atoms with Crippen LogP contribution in [0.1, 0.15) is 57.1 Å². The van der Waals surface area contributed by atoms with Crippen molar-refractivity contribution in [1.29, 1.82) is 0 Å². The Morgan fingerprint density at radius 2 is 1.95 bits per heavy atom. The van der Waals surface area contributed by atoms with Gasteiger partial charge in [-0.3, -0.25) is 0 Å². The lowest BCUT2D eigenvalue weighted by atomic mass is 9.93. The van der Waals surface area contributed by atoms with Gasteiger partial charge in [0.1, 0.15) is 11.0 Å². The van der Waals surface area contributed by atoms with Gasteiger partial charge in [-0.25, -0.2) is 9.97 Å². The highest BCUT2D eigenvalue weighted by Gasteiger charge is 2.23. The first-order chi connectivity index (χ1) is 8.88. The molecule has 0 aliphatic rings. The molecule has 0 aliphatic carbocycles. The molecule has 5 heteroatoms. The van der Waals surface area contributed by atoms with Gasteiger partial charge in [-0.15, -0.1) is 22.7 Å². The van der Waals surface area contributed by atoms with E-state index in [1.165, 1.54) is 0 Å². The fraction of sp³-hybridized carbons (Fsp3) is 0.571. The van der Waals surface area contributed by atoms with Crippen molar-refractivity contribution in [1.82, 2.24) is 15.3 Å². The number of aromatic nitrogens is 2. The number of hydrogen-bond donors (Lipinski definition) is 1. The predicted octanol–water partition coefficient (Wildman–Crippen LogP) is 3.98. The van der Waals surface area contributed by atoms with Crippen LogP contribution < -0.4 is 5.32 Å². The first-order valence-corrected chi connectivity index (χ1v) is 8.30. The van der Waals surface area contributed by atoms with Crippen molar-refractivity contribution in [2.45, 2.75) is 52.1 Å². The molecule has 2 aromatic heterocycles. The molecule has 0 amide bonds. The third-order valence-electron chi connectivity index (χ3n) is 2.78. The highest BCUT2D eigenvalue weighted by molar-refractivity contribution is 7.10. The Morgan fingerprint density at radius 1 is 1.21 bits per heavy atom. The molecule has 1 atom stereocenters. The average molecular weight is 295 g/mol. The van der Waals surface area contributed by atoms with E-state index in [1.54, 1.807) is 22.7 Å². The Hall–Kier alpha value is -0.780. The Balaban J connectivity index is 2.31. The van der Waals surface area contributed by atoms with Gasteiger partial charge in [0, 0.05) is 22.2 Å². The predicted molar refractivity (Wildman–Crippen MR) is 83.0 cm³/mol.